The standard InChI is InChI=1S/C14H20OS/c1-10-7-6-8-14(3,4)13(10)12(15)9-11(2)16-5/h6-7,9H,8H2,1-5H3. The normalized spacial score (nSPS) is 20.2. The molecule has 1 aliphatic rings. The minimum Gasteiger partial charge on any atom is -0.290 e. The Morgan fingerprint density at radius 1 is 1.50 bits per heavy atom. The van der Waals surface area contributed by atoms with Gasteiger partial charge in [-0.1, -0.05) is 26.0 Å². The maximum atomic E-state index is 12.2. The second-order valence-corrected chi connectivity index (χ2v) is 5.92. The molecule has 0 saturated heterocycles. The Labute approximate surface area is 103 Å². The van der Waals surface area contributed by atoms with E-state index in [1.165, 1.54) is 0 Å². The van der Waals surface area contributed by atoms with Crippen molar-refractivity contribution in [2.45, 2.75) is 34.1 Å². The van der Waals surface area contributed by atoms with Crippen molar-refractivity contribution in [2.24, 2.45) is 5.41 Å². The van der Waals surface area contributed by atoms with Crippen LogP contribution < -0.4 is 0 Å². The van der Waals surface area contributed by atoms with Gasteiger partial charge in [0.1, 0.15) is 0 Å². The largest absolute Gasteiger partial charge is 0.290 e. The summed E-state index contributed by atoms with van der Waals surface area (Å²) in [6.07, 6.45) is 8.90. The van der Waals surface area contributed by atoms with E-state index in [4.69, 9.17) is 0 Å². The van der Waals surface area contributed by atoms with E-state index >= 15 is 0 Å². The van der Waals surface area contributed by atoms with Crippen molar-refractivity contribution in [1.82, 2.24) is 0 Å². The lowest BCUT2D eigenvalue weighted by Gasteiger charge is -2.29. The van der Waals surface area contributed by atoms with Crippen molar-refractivity contribution in [3.8, 4) is 0 Å². The van der Waals surface area contributed by atoms with E-state index in [1.807, 2.05) is 20.1 Å². The van der Waals surface area contributed by atoms with Crippen LogP contribution in [0.2, 0.25) is 0 Å². The second-order valence-electron chi connectivity index (χ2n) is 4.87. The average molecular weight is 236 g/mol. The number of allylic oxidation sites excluding steroid dienone is 6. The summed E-state index contributed by atoms with van der Waals surface area (Å²) in [5.41, 5.74) is 2.03. The maximum absolute atomic E-state index is 12.2. The predicted octanol–water partition coefficient (Wildman–Crippen LogP) is 4.12. The first kappa shape index (κ1) is 13.3. The summed E-state index contributed by atoms with van der Waals surface area (Å²) in [5, 5.41) is 0. The molecule has 16 heavy (non-hydrogen) atoms. The molecule has 0 bridgehead atoms. The van der Waals surface area contributed by atoms with Crippen LogP contribution in [0.15, 0.2) is 34.3 Å². The first-order chi connectivity index (χ1) is 7.38. The molecule has 0 aromatic rings. The van der Waals surface area contributed by atoms with Gasteiger partial charge in [-0.2, -0.15) is 0 Å². The van der Waals surface area contributed by atoms with Gasteiger partial charge in [-0.3, -0.25) is 4.79 Å². The Hall–Kier alpha value is -0.760. The third-order valence-electron chi connectivity index (χ3n) is 2.97. The quantitative estimate of drug-likeness (QED) is 0.685. The van der Waals surface area contributed by atoms with Gasteiger partial charge < -0.3 is 0 Å². The third kappa shape index (κ3) is 2.88. The van der Waals surface area contributed by atoms with Crippen LogP contribution in [0, 0.1) is 5.41 Å². The van der Waals surface area contributed by atoms with E-state index in [1.54, 1.807) is 17.8 Å². The number of hydrogen-bond donors (Lipinski definition) is 0. The van der Waals surface area contributed by atoms with E-state index in [0.29, 0.717) is 0 Å². The number of carbonyl (C=O) groups is 1. The van der Waals surface area contributed by atoms with Crippen molar-refractivity contribution in [2.75, 3.05) is 6.26 Å². The Morgan fingerprint density at radius 3 is 2.62 bits per heavy atom. The molecule has 0 amide bonds. The lowest BCUT2D eigenvalue weighted by molar-refractivity contribution is -0.112. The van der Waals surface area contributed by atoms with Crippen molar-refractivity contribution < 1.29 is 4.79 Å². The highest BCUT2D eigenvalue weighted by Crippen LogP contribution is 2.37. The predicted molar refractivity (Wildman–Crippen MR) is 72.5 cm³/mol. The summed E-state index contributed by atoms with van der Waals surface area (Å²) < 4.78 is 0. The van der Waals surface area contributed by atoms with Crippen LogP contribution in [-0.4, -0.2) is 12.0 Å². The summed E-state index contributed by atoms with van der Waals surface area (Å²) in [6, 6.07) is 0. The second kappa shape index (κ2) is 5.05. The molecule has 0 saturated carbocycles. The molecule has 0 atom stereocenters. The van der Waals surface area contributed by atoms with E-state index in [-0.39, 0.29) is 11.2 Å². The van der Waals surface area contributed by atoms with Crippen LogP contribution in [0.4, 0.5) is 0 Å². The smallest absolute Gasteiger partial charge is 0.183 e. The van der Waals surface area contributed by atoms with Gasteiger partial charge in [0.15, 0.2) is 5.78 Å². The molecule has 2 heteroatoms. The van der Waals surface area contributed by atoms with Gasteiger partial charge in [0, 0.05) is 5.57 Å². The first-order valence-corrected chi connectivity index (χ1v) is 6.75. The number of carbonyl (C=O) groups excluding carboxylic acids is 1. The number of rotatable bonds is 3. The molecule has 1 aliphatic carbocycles. The van der Waals surface area contributed by atoms with Crippen LogP contribution in [0.25, 0.3) is 0 Å². The van der Waals surface area contributed by atoms with Crippen molar-refractivity contribution >= 4 is 17.5 Å². The molecule has 1 nitrogen and oxygen atoms in total. The molecule has 0 heterocycles. The van der Waals surface area contributed by atoms with Crippen LogP contribution in [0.3, 0.4) is 0 Å². The molecule has 0 radical (unpaired) electrons. The highest BCUT2D eigenvalue weighted by molar-refractivity contribution is 8.02. The van der Waals surface area contributed by atoms with Gasteiger partial charge in [-0.25, -0.2) is 0 Å². The average Bonchev–Trinajstić information content (AvgIpc) is 2.15. The zero-order valence-electron chi connectivity index (χ0n) is 10.8. The monoisotopic (exact) mass is 236 g/mol. The van der Waals surface area contributed by atoms with E-state index < -0.39 is 0 Å². The number of thioether (sulfide) groups is 1. The fourth-order valence-corrected chi connectivity index (χ4v) is 2.32. The van der Waals surface area contributed by atoms with Gasteiger partial charge in [0.05, 0.1) is 0 Å². The molecular formula is C14H20OS. The molecule has 0 aromatic heterocycles. The fraction of sp³-hybridized carbons (Fsp3) is 0.500. The van der Waals surface area contributed by atoms with Gasteiger partial charge in [-0.05, 0) is 48.5 Å². The van der Waals surface area contributed by atoms with Gasteiger partial charge in [0.2, 0.25) is 0 Å². The summed E-state index contributed by atoms with van der Waals surface area (Å²) in [7, 11) is 0. The van der Waals surface area contributed by atoms with Crippen LogP contribution in [-0.2, 0) is 4.79 Å². The third-order valence-corrected chi connectivity index (χ3v) is 3.73. The molecule has 0 N–H and O–H groups in total. The molecule has 0 spiro atoms. The Morgan fingerprint density at radius 2 is 2.12 bits per heavy atom. The van der Waals surface area contributed by atoms with Gasteiger partial charge in [-0.15, -0.1) is 11.8 Å². The van der Waals surface area contributed by atoms with Crippen LogP contribution in [0.1, 0.15) is 34.1 Å². The Bertz CT molecular complexity index is 384. The zero-order chi connectivity index (χ0) is 12.3. The minimum absolute atomic E-state index is 0.0366. The molecule has 0 fully saturated rings. The van der Waals surface area contributed by atoms with Gasteiger partial charge >= 0.3 is 0 Å². The molecule has 0 aliphatic heterocycles. The minimum atomic E-state index is -0.0366. The van der Waals surface area contributed by atoms with Crippen molar-refractivity contribution in [3.63, 3.8) is 0 Å². The van der Waals surface area contributed by atoms with Crippen LogP contribution in [0.5, 0.6) is 0 Å². The van der Waals surface area contributed by atoms with Crippen molar-refractivity contribution in [1.29, 1.82) is 0 Å². The Kier molecular flexibility index (Phi) is 4.20. The SMILES string of the molecule is CSC(C)=CC(=O)C1=C(C)C=CCC1(C)C. The maximum Gasteiger partial charge on any atom is 0.183 e. The summed E-state index contributed by atoms with van der Waals surface area (Å²) in [5.74, 6) is 0.165. The highest BCUT2D eigenvalue weighted by Gasteiger charge is 2.29. The number of hydrogen-bond acceptors (Lipinski definition) is 2. The Balaban J connectivity index is 3.10. The summed E-state index contributed by atoms with van der Waals surface area (Å²) in [4.78, 5) is 13.3. The molecule has 88 valence electrons. The first-order valence-electron chi connectivity index (χ1n) is 5.53. The van der Waals surface area contributed by atoms with Crippen molar-refractivity contribution in [3.05, 3.63) is 34.3 Å². The van der Waals surface area contributed by atoms with Crippen LogP contribution >= 0.6 is 11.8 Å². The fourth-order valence-electron chi connectivity index (χ4n) is 2.09. The van der Waals surface area contributed by atoms with E-state index in [0.717, 1.165) is 22.5 Å². The lowest BCUT2D eigenvalue weighted by atomic mass is 9.74. The molecule has 1 rings (SSSR count). The highest BCUT2D eigenvalue weighted by atomic mass is 32.2. The summed E-state index contributed by atoms with van der Waals surface area (Å²) >= 11 is 1.62. The zero-order valence-corrected chi connectivity index (χ0v) is 11.6. The topological polar surface area (TPSA) is 17.1 Å². The number of ketones is 1. The molecule has 0 unspecified atom stereocenters. The molecule has 0 aromatic carbocycles. The summed E-state index contributed by atoms with van der Waals surface area (Å²) in [6.45, 7) is 8.27. The molecular weight excluding hydrogens is 216 g/mol. The van der Waals surface area contributed by atoms with E-state index in [2.05, 4.69) is 26.0 Å². The van der Waals surface area contributed by atoms with Gasteiger partial charge in [0.25, 0.3) is 0 Å². The van der Waals surface area contributed by atoms with E-state index in [9.17, 15) is 4.79 Å². The lowest BCUT2D eigenvalue weighted by Crippen LogP contribution is -2.23.